The number of likely N-dealkylation sites (N-methyl/N-ethyl adjacent to an activating group) is 1. The third-order valence-corrected chi connectivity index (χ3v) is 8.95. The summed E-state index contributed by atoms with van der Waals surface area (Å²) in [6.45, 7) is 3.73. The minimum Gasteiger partial charge on any atom is -0.484 e. The molecule has 0 bridgehead atoms. The molecule has 9 nitrogen and oxygen atoms in total. The van der Waals surface area contributed by atoms with E-state index in [9.17, 15) is 9.59 Å². The molecule has 2 aromatic rings. The van der Waals surface area contributed by atoms with Crippen LogP contribution < -0.4 is 10.1 Å². The van der Waals surface area contributed by atoms with Crippen LogP contribution in [-0.2, 0) is 16.0 Å². The predicted octanol–water partition coefficient (Wildman–Crippen LogP) is 4.22. The van der Waals surface area contributed by atoms with E-state index >= 15 is 0 Å². The predicted molar refractivity (Wildman–Crippen MR) is 159 cm³/mol. The molecule has 1 aromatic heterocycles. The number of amides is 3. The number of ether oxygens (including phenoxy) is 2. The summed E-state index contributed by atoms with van der Waals surface area (Å²) in [5.74, 6) is 0.850. The molecule has 3 saturated heterocycles. The second-order valence-electron chi connectivity index (χ2n) is 11.3. The quantitative estimate of drug-likeness (QED) is 0.486. The van der Waals surface area contributed by atoms with Gasteiger partial charge in [0.1, 0.15) is 17.9 Å². The number of piperidine rings is 1. The molecule has 4 heterocycles. The molecule has 0 saturated carbocycles. The lowest BCUT2D eigenvalue weighted by Gasteiger charge is -2.35. The van der Waals surface area contributed by atoms with Crippen molar-refractivity contribution in [3.63, 3.8) is 0 Å². The van der Waals surface area contributed by atoms with Crippen LogP contribution in [0.15, 0.2) is 36.5 Å². The Hall–Kier alpha value is -2.59. The highest BCUT2D eigenvalue weighted by atomic mass is 35.5. The molecule has 0 radical (unpaired) electrons. The number of pyridine rings is 1. The van der Waals surface area contributed by atoms with Gasteiger partial charge in [-0.3, -0.25) is 9.78 Å². The van der Waals surface area contributed by atoms with E-state index in [0.717, 1.165) is 42.7 Å². The second-order valence-corrected chi connectivity index (χ2v) is 12.2. The molecule has 3 aliphatic rings. The van der Waals surface area contributed by atoms with Gasteiger partial charge in [-0.25, -0.2) is 4.79 Å². The topological polar surface area (TPSA) is 87.2 Å². The monoisotopic (exact) mass is 603 g/mol. The van der Waals surface area contributed by atoms with Crippen molar-refractivity contribution in [1.29, 1.82) is 0 Å². The lowest BCUT2D eigenvalue weighted by Crippen LogP contribution is -2.54. The molecule has 0 spiro atoms. The first-order valence-electron chi connectivity index (χ1n) is 14.4. The molecule has 1 N–H and O–H groups in total. The van der Waals surface area contributed by atoms with Crippen molar-refractivity contribution >= 4 is 35.1 Å². The van der Waals surface area contributed by atoms with Gasteiger partial charge in [0.2, 0.25) is 5.91 Å². The fourth-order valence-corrected chi connectivity index (χ4v) is 6.44. The summed E-state index contributed by atoms with van der Waals surface area (Å²) >= 11 is 12.5. The van der Waals surface area contributed by atoms with Gasteiger partial charge in [-0.2, -0.15) is 0 Å². The number of benzene rings is 1. The zero-order valence-electron chi connectivity index (χ0n) is 23.7. The smallest absolute Gasteiger partial charge is 0.318 e. The van der Waals surface area contributed by atoms with Crippen molar-refractivity contribution in [2.45, 2.75) is 56.2 Å². The van der Waals surface area contributed by atoms with Gasteiger partial charge in [-0.05, 0) is 69.6 Å². The molecule has 222 valence electrons. The van der Waals surface area contributed by atoms with Gasteiger partial charge >= 0.3 is 6.03 Å². The lowest BCUT2D eigenvalue weighted by molar-refractivity contribution is -0.134. The van der Waals surface area contributed by atoms with Crippen LogP contribution >= 0.6 is 23.2 Å². The highest BCUT2D eigenvalue weighted by Crippen LogP contribution is 2.34. The van der Waals surface area contributed by atoms with E-state index < -0.39 is 6.04 Å². The van der Waals surface area contributed by atoms with E-state index in [1.54, 1.807) is 23.2 Å². The zero-order valence-corrected chi connectivity index (χ0v) is 25.2. The Kier molecular flexibility index (Phi) is 9.91. The largest absolute Gasteiger partial charge is 0.484 e. The number of urea groups is 1. The van der Waals surface area contributed by atoms with Gasteiger partial charge < -0.3 is 29.5 Å². The van der Waals surface area contributed by atoms with Gasteiger partial charge in [0.25, 0.3) is 0 Å². The number of nitrogens with zero attached hydrogens (tertiary/aromatic N) is 4. The summed E-state index contributed by atoms with van der Waals surface area (Å²) in [5.41, 5.74) is 1.70. The molecule has 3 aliphatic heterocycles. The Bertz CT molecular complexity index is 1220. The van der Waals surface area contributed by atoms with Crippen LogP contribution in [0.2, 0.25) is 10.0 Å². The van der Waals surface area contributed by atoms with Gasteiger partial charge in [0.15, 0.2) is 0 Å². The minimum absolute atomic E-state index is 0.0608. The fourth-order valence-electron chi connectivity index (χ4n) is 5.95. The van der Waals surface area contributed by atoms with Crippen LogP contribution in [0.4, 0.5) is 4.79 Å². The van der Waals surface area contributed by atoms with Crippen LogP contribution in [-0.4, -0.2) is 103 Å². The highest BCUT2D eigenvalue weighted by molar-refractivity contribution is 6.35. The molecule has 11 heteroatoms. The number of carbonyl (C=O) groups excluding carboxylic acids is 2. The number of aromatic nitrogens is 1. The van der Waals surface area contributed by atoms with Crippen LogP contribution in [0.1, 0.15) is 42.9 Å². The molecule has 0 unspecified atom stereocenters. The Morgan fingerprint density at radius 3 is 2.56 bits per heavy atom. The Labute approximate surface area is 252 Å². The maximum atomic E-state index is 13.8. The van der Waals surface area contributed by atoms with E-state index in [0.29, 0.717) is 55.9 Å². The lowest BCUT2D eigenvalue weighted by atomic mass is 9.91. The number of halogens is 2. The molecule has 3 atom stereocenters. The van der Waals surface area contributed by atoms with Gasteiger partial charge in [-0.15, -0.1) is 0 Å². The van der Waals surface area contributed by atoms with Crippen molar-refractivity contribution in [2.24, 2.45) is 0 Å². The third-order valence-electron chi connectivity index (χ3n) is 8.36. The molecule has 3 fully saturated rings. The molecular formula is C30H39Cl2N5O4. The number of nitrogens with one attached hydrogen (secondary N) is 1. The first kappa shape index (κ1) is 29.9. The SMILES string of the molecule is CN(C)[C@H]1COC[C@@H]1Oc1cccnc1C1CCN(C(=O)[C@@H](Cc2ccc(Cl)cc2Cl)NC(=O)N2CCCC2)CC1. The highest BCUT2D eigenvalue weighted by Gasteiger charge is 2.35. The molecule has 1 aromatic carbocycles. The van der Waals surface area contributed by atoms with Crippen molar-refractivity contribution in [2.75, 3.05) is 53.5 Å². The number of carbonyl (C=O) groups is 2. The molecule has 41 heavy (non-hydrogen) atoms. The average molecular weight is 605 g/mol. The molecule has 0 aliphatic carbocycles. The zero-order chi connectivity index (χ0) is 28.9. The molecule has 3 amide bonds. The van der Waals surface area contributed by atoms with E-state index in [2.05, 4.69) is 10.2 Å². The minimum atomic E-state index is -0.725. The number of rotatable bonds is 8. The third kappa shape index (κ3) is 7.25. The van der Waals surface area contributed by atoms with E-state index in [1.165, 1.54) is 0 Å². The van der Waals surface area contributed by atoms with Gasteiger partial charge in [-0.1, -0.05) is 29.3 Å². The van der Waals surface area contributed by atoms with E-state index in [-0.39, 0.29) is 30.0 Å². The average Bonchev–Trinajstić information content (AvgIpc) is 3.67. The summed E-state index contributed by atoms with van der Waals surface area (Å²) in [6, 6.07) is 8.36. The number of hydrogen-bond acceptors (Lipinski definition) is 6. The van der Waals surface area contributed by atoms with Crippen LogP contribution in [0, 0.1) is 0 Å². The molecule has 5 rings (SSSR count). The number of likely N-dealkylation sites (tertiary alicyclic amines) is 2. The Balaban J connectivity index is 1.26. The Morgan fingerprint density at radius 2 is 1.85 bits per heavy atom. The second kappa shape index (κ2) is 13.6. The summed E-state index contributed by atoms with van der Waals surface area (Å²) in [4.78, 5) is 37.3. The van der Waals surface area contributed by atoms with Crippen molar-refractivity contribution in [1.82, 2.24) is 25.0 Å². The first-order chi connectivity index (χ1) is 19.8. The van der Waals surface area contributed by atoms with Crippen molar-refractivity contribution in [3.8, 4) is 5.75 Å². The van der Waals surface area contributed by atoms with E-state index in [1.807, 2.05) is 37.2 Å². The normalized spacial score (nSPS) is 22.3. The maximum absolute atomic E-state index is 13.8. The van der Waals surface area contributed by atoms with Crippen LogP contribution in [0.5, 0.6) is 5.75 Å². The molecular weight excluding hydrogens is 565 g/mol. The first-order valence-corrected chi connectivity index (χ1v) is 15.2. The fraction of sp³-hybridized carbons (Fsp3) is 0.567. The van der Waals surface area contributed by atoms with Crippen LogP contribution in [0.3, 0.4) is 0 Å². The standard InChI is InChI=1S/C30H39Cl2N5O4/c1-35(2)25-18-40-19-27(25)41-26-6-5-11-33-28(26)20-9-14-36(15-10-20)29(38)24(34-30(39)37-12-3-4-13-37)16-21-7-8-22(31)17-23(21)32/h5-8,11,17,20,24-25,27H,3-4,9-10,12-16,18-19H2,1-2H3,(H,34,39)/t24-,25+,27+/m1/s1. The number of hydrogen-bond donors (Lipinski definition) is 1. The van der Waals surface area contributed by atoms with Crippen molar-refractivity contribution < 1.29 is 19.1 Å². The van der Waals surface area contributed by atoms with Gasteiger partial charge in [0.05, 0.1) is 24.9 Å². The summed E-state index contributed by atoms with van der Waals surface area (Å²) in [5, 5.41) is 4.02. The van der Waals surface area contributed by atoms with Gasteiger partial charge in [0, 0.05) is 54.8 Å². The van der Waals surface area contributed by atoms with E-state index in [4.69, 9.17) is 37.7 Å². The summed E-state index contributed by atoms with van der Waals surface area (Å²) in [6.07, 6.45) is 5.50. The Morgan fingerprint density at radius 1 is 1.10 bits per heavy atom. The van der Waals surface area contributed by atoms with Crippen LogP contribution in [0.25, 0.3) is 0 Å². The maximum Gasteiger partial charge on any atom is 0.318 e. The summed E-state index contributed by atoms with van der Waals surface area (Å²) < 4.78 is 12.1. The summed E-state index contributed by atoms with van der Waals surface area (Å²) in [7, 11) is 4.07. The van der Waals surface area contributed by atoms with Crippen molar-refractivity contribution in [3.05, 3.63) is 57.8 Å².